The van der Waals surface area contributed by atoms with Gasteiger partial charge in [-0.15, -0.1) is 11.8 Å². The normalized spacial score (nSPS) is 10.3. The lowest BCUT2D eigenvalue weighted by atomic mass is 10.3. The topological polar surface area (TPSA) is 57.4 Å². The first-order chi connectivity index (χ1) is 9.72. The maximum Gasteiger partial charge on any atom is 0.240 e. The molecule has 0 spiro atoms. The summed E-state index contributed by atoms with van der Waals surface area (Å²) in [5.41, 5.74) is 6.33. The van der Waals surface area contributed by atoms with E-state index in [1.807, 2.05) is 37.4 Å². The molecule has 0 bridgehead atoms. The standard InChI is InChI=1S/C15H18N2O2S/c1-3-10-18-15-13(16)8-9-14(17-15)19-11-4-6-12(20-2)7-5-11/h4-9H,3,10,16H2,1-2H3. The molecule has 5 heteroatoms. The van der Waals surface area contributed by atoms with Gasteiger partial charge in [0.05, 0.1) is 12.3 Å². The van der Waals surface area contributed by atoms with Crippen LogP contribution >= 0.6 is 11.8 Å². The molecule has 4 nitrogen and oxygen atoms in total. The second-order valence-electron chi connectivity index (χ2n) is 4.17. The fourth-order valence-electron chi connectivity index (χ4n) is 1.57. The fraction of sp³-hybridized carbons (Fsp3) is 0.267. The van der Waals surface area contributed by atoms with Gasteiger partial charge in [-0.25, -0.2) is 0 Å². The van der Waals surface area contributed by atoms with Crippen molar-refractivity contribution in [3.05, 3.63) is 36.4 Å². The van der Waals surface area contributed by atoms with Crippen molar-refractivity contribution < 1.29 is 9.47 Å². The molecule has 1 heterocycles. The molecule has 1 aromatic heterocycles. The average molecular weight is 290 g/mol. The Morgan fingerprint density at radius 1 is 1.15 bits per heavy atom. The van der Waals surface area contributed by atoms with Crippen LogP contribution in [0.25, 0.3) is 0 Å². The largest absolute Gasteiger partial charge is 0.476 e. The summed E-state index contributed by atoms with van der Waals surface area (Å²) in [6.45, 7) is 2.62. The van der Waals surface area contributed by atoms with Crippen LogP contribution in [0.3, 0.4) is 0 Å². The SMILES string of the molecule is CCCOc1nc(Oc2ccc(SC)cc2)ccc1N. The van der Waals surface area contributed by atoms with E-state index >= 15 is 0 Å². The number of benzene rings is 1. The molecule has 2 N–H and O–H groups in total. The highest BCUT2D eigenvalue weighted by Gasteiger charge is 2.06. The van der Waals surface area contributed by atoms with Crippen LogP contribution < -0.4 is 15.2 Å². The molecule has 2 rings (SSSR count). The van der Waals surface area contributed by atoms with Gasteiger partial charge in [-0.2, -0.15) is 4.98 Å². The van der Waals surface area contributed by atoms with Gasteiger partial charge in [0.2, 0.25) is 11.8 Å². The zero-order chi connectivity index (χ0) is 14.4. The molecule has 106 valence electrons. The number of thioether (sulfide) groups is 1. The third kappa shape index (κ3) is 3.81. The van der Waals surface area contributed by atoms with Crippen molar-refractivity contribution in [1.29, 1.82) is 0 Å². The van der Waals surface area contributed by atoms with Gasteiger partial charge in [0, 0.05) is 11.0 Å². The molecule has 0 saturated carbocycles. The minimum Gasteiger partial charge on any atom is -0.476 e. The smallest absolute Gasteiger partial charge is 0.240 e. The summed E-state index contributed by atoms with van der Waals surface area (Å²) in [4.78, 5) is 5.46. The molecule has 0 radical (unpaired) electrons. The first kappa shape index (κ1) is 14.5. The average Bonchev–Trinajstić information content (AvgIpc) is 2.48. The number of nitrogen functional groups attached to an aromatic ring is 1. The van der Waals surface area contributed by atoms with E-state index in [0.29, 0.717) is 24.1 Å². The van der Waals surface area contributed by atoms with Gasteiger partial charge >= 0.3 is 0 Å². The monoisotopic (exact) mass is 290 g/mol. The molecule has 0 amide bonds. The summed E-state index contributed by atoms with van der Waals surface area (Å²) >= 11 is 1.69. The van der Waals surface area contributed by atoms with E-state index in [1.165, 1.54) is 4.90 Å². The predicted octanol–water partition coefficient (Wildman–Crippen LogP) is 3.97. The van der Waals surface area contributed by atoms with Crippen LogP contribution in [-0.2, 0) is 0 Å². The Balaban J connectivity index is 2.11. The number of anilines is 1. The Morgan fingerprint density at radius 3 is 2.55 bits per heavy atom. The third-order valence-corrected chi connectivity index (χ3v) is 3.33. The van der Waals surface area contributed by atoms with E-state index in [4.69, 9.17) is 15.2 Å². The maximum absolute atomic E-state index is 5.82. The summed E-state index contributed by atoms with van der Waals surface area (Å²) in [7, 11) is 0. The summed E-state index contributed by atoms with van der Waals surface area (Å²) < 4.78 is 11.2. The van der Waals surface area contributed by atoms with Gasteiger partial charge in [-0.1, -0.05) is 6.92 Å². The lowest BCUT2D eigenvalue weighted by molar-refractivity contribution is 0.302. The van der Waals surface area contributed by atoms with Gasteiger partial charge in [0.15, 0.2) is 0 Å². The van der Waals surface area contributed by atoms with Crippen molar-refractivity contribution in [3.63, 3.8) is 0 Å². The fourth-order valence-corrected chi connectivity index (χ4v) is 1.98. The van der Waals surface area contributed by atoms with E-state index in [-0.39, 0.29) is 0 Å². The van der Waals surface area contributed by atoms with Crippen LogP contribution in [0.1, 0.15) is 13.3 Å². The molecule has 1 aromatic carbocycles. The Hall–Kier alpha value is -1.88. The van der Waals surface area contributed by atoms with Crippen LogP contribution in [0.5, 0.6) is 17.5 Å². The minimum absolute atomic E-state index is 0.421. The minimum atomic E-state index is 0.421. The molecule has 0 unspecified atom stereocenters. The highest BCUT2D eigenvalue weighted by atomic mass is 32.2. The zero-order valence-electron chi connectivity index (χ0n) is 11.6. The third-order valence-electron chi connectivity index (χ3n) is 2.59. The number of nitrogens with zero attached hydrogens (tertiary/aromatic N) is 1. The number of aromatic nitrogens is 1. The number of rotatable bonds is 6. The number of hydrogen-bond donors (Lipinski definition) is 1. The van der Waals surface area contributed by atoms with Crippen molar-refractivity contribution >= 4 is 17.4 Å². The maximum atomic E-state index is 5.82. The first-order valence-corrected chi connectivity index (χ1v) is 7.66. The Bertz CT molecular complexity index is 558. The van der Waals surface area contributed by atoms with Gasteiger partial charge in [0.25, 0.3) is 0 Å². The highest BCUT2D eigenvalue weighted by molar-refractivity contribution is 7.98. The predicted molar refractivity (Wildman–Crippen MR) is 82.7 cm³/mol. The quantitative estimate of drug-likeness (QED) is 0.816. The van der Waals surface area contributed by atoms with E-state index < -0.39 is 0 Å². The highest BCUT2D eigenvalue weighted by Crippen LogP contribution is 2.27. The van der Waals surface area contributed by atoms with Crippen molar-refractivity contribution in [2.45, 2.75) is 18.2 Å². The Morgan fingerprint density at radius 2 is 1.90 bits per heavy atom. The number of ether oxygens (including phenoxy) is 2. The number of pyridine rings is 1. The van der Waals surface area contributed by atoms with Crippen LogP contribution in [0, 0.1) is 0 Å². The van der Waals surface area contributed by atoms with Gasteiger partial charge in [0.1, 0.15) is 5.75 Å². The molecule has 0 fully saturated rings. The van der Waals surface area contributed by atoms with E-state index in [2.05, 4.69) is 4.98 Å². The lowest BCUT2D eigenvalue weighted by Gasteiger charge is -2.10. The summed E-state index contributed by atoms with van der Waals surface area (Å²) in [6.07, 6.45) is 2.94. The Kier molecular flexibility index (Phi) is 5.12. The van der Waals surface area contributed by atoms with Crippen molar-refractivity contribution in [3.8, 4) is 17.5 Å². The van der Waals surface area contributed by atoms with Crippen molar-refractivity contribution in [1.82, 2.24) is 4.98 Å². The summed E-state index contributed by atoms with van der Waals surface area (Å²) in [5.74, 6) is 1.63. The summed E-state index contributed by atoms with van der Waals surface area (Å²) in [6, 6.07) is 11.3. The van der Waals surface area contributed by atoms with Crippen LogP contribution in [-0.4, -0.2) is 17.8 Å². The molecular weight excluding hydrogens is 272 g/mol. The lowest BCUT2D eigenvalue weighted by Crippen LogP contribution is -2.02. The van der Waals surface area contributed by atoms with E-state index in [1.54, 1.807) is 23.9 Å². The zero-order valence-corrected chi connectivity index (χ0v) is 12.4. The van der Waals surface area contributed by atoms with Gasteiger partial charge in [-0.3, -0.25) is 0 Å². The van der Waals surface area contributed by atoms with E-state index in [0.717, 1.165) is 12.2 Å². The Labute approximate surface area is 123 Å². The second-order valence-corrected chi connectivity index (χ2v) is 5.05. The molecule has 0 aliphatic heterocycles. The van der Waals surface area contributed by atoms with E-state index in [9.17, 15) is 0 Å². The van der Waals surface area contributed by atoms with Crippen LogP contribution in [0.15, 0.2) is 41.3 Å². The molecule has 0 aliphatic rings. The molecular formula is C15H18N2O2S. The van der Waals surface area contributed by atoms with Gasteiger partial charge in [-0.05, 0) is 43.0 Å². The van der Waals surface area contributed by atoms with Crippen molar-refractivity contribution in [2.24, 2.45) is 0 Å². The number of nitrogens with two attached hydrogens (primary N) is 1. The molecule has 0 saturated heterocycles. The van der Waals surface area contributed by atoms with Gasteiger partial charge < -0.3 is 15.2 Å². The molecule has 0 atom stereocenters. The van der Waals surface area contributed by atoms with Crippen LogP contribution in [0.2, 0.25) is 0 Å². The van der Waals surface area contributed by atoms with Crippen molar-refractivity contribution in [2.75, 3.05) is 18.6 Å². The second kappa shape index (κ2) is 7.05. The molecule has 0 aliphatic carbocycles. The molecule has 20 heavy (non-hydrogen) atoms. The van der Waals surface area contributed by atoms with Crippen LogP contribution in [0.4, 0.5) is 5.69 Å². The number of hydrogen-bond acceptors (Lipinski definition) is 5. The summed E-state index contributed by atoms with van der Waals surface area (Å²) in [5, 5.41) is 0. The molecule has 2 aromatic rings. The first-order valence-electron chi connectivity index (χ1n) is 6.44.